The standard InChI is InChI=1S/C55H33N/c1-56-38-29-27-35(28-30-38)39-19-8-9-20-40(39)43-31-32-44(42-22-11-10-21-41(42)43)45-33-34-50-53-46(45)25-14-26-49(53)54-51(36-15-4-2-5-16-36)47-23-12-13-24-48(47)52(55(50)54)37-17-6-3-7-18-37/h2-34H. The largest absolute Gasteiger partial charge is 0.238 e. The van der Waals surface area contributed by atoms with Crippen molar-refractivity contribution in [3.63, 3.8) is 0 Å². The molecular formula is C55H33N. The molecule has 10 aromatic carbocycles. The van der Waals surface area contributed by atoms with Crippen LogP contribution in [0.2, 0.25) is 0 Å². The van der Waals surface area contributed by atoms with Crippen LogP contribution in [0.3, 0.4) is 0 Å². The first-order chi connectivity index (χ1) is 27.8. The molecule has 0 spiro atoms. The predicted octanol–water partition coefficient (Wildman–Crippen LogP) is 15.7. The van der Waals surface area contributed by atoms with Gasteiger partial charge < -0.3 is 0 Å². The first-order valence-corrected chi connectivity index (χ1v) is 19.1. The Balaban J connectivity index is 1.17. The molecular weight excluding hydrogens is 675 g/mol. The SMILES string of the molecule is [C-]#[N+]c1ccc(-c2ccccc2-c2ccc(-c3ccc4c5c(cccc35)-c3c-4c(-c4ccccc4)c4ccccc4c3-c3ccccc3)c3ccccc23)cc1. The summed E-state index contributed by atoms with van der Waals surface area (Å²) in [6.07, 6.45) is 0. The monoisotopic (exact) mass is 707 g/mol. The lowest BCUT2D eigenvalue weighted by atomic mass is 9.82. The Kier molecular flexibility index (Phi) is 7.31. The van der Waals surface area contributed by atoms with Gasteiger partial charge in [-0.25, -0.2) is 4.85 Å². The number of rotatable bonds is 5. The van der Waals surface area contributed by atoms with E-state index in [4.69, 9.17) is 6.57 Å². The third kappa shape index (κ3) is 4.80. The highest BCUT2D eigenvalue weighted by Crippen LogP contribution is 2.58. The molecule has 258 valence electrons. The second-order valence-corrected chi connectivity index (χ2v) is 14.6. The second-order valence-electron chi connectivity index (χ2n) is 14.6. The van der Waals surface area contributed by atoms with E-state index >= 15 is 0 Å². The fraction of sp³-hybridized carbons (Fsp3) is 0. The molecule has 11 rings (SSSR count). The van der Waals surface area contributed by atoms with Gasteiger partial charge in [-0.15, -0.1) is 0 Å². The lowest BCUT2D eigenvalue weighted by molar-refractivity contribution is 1.60. The fourth-order valence-corrected chi connectivity index (χ4v) is 9.30. The van der Waals surface area contributed by atoms with E-state index in [1.165, 1.54) is 99.1 Å². The minimum atomic E-state index is 0.648. The van der Waals surface area contributed by atoms with Crippen LogP contribution in [0.5, 0.6) is 0 Å². The highest BCUT2D eigenvalue weighted by molar-refractivity contribution is 6.29. The maximum Gasteiger partial charge on any atom is 0.187 e. The summed E-state index contributed by atoms with van der Waals surface area (Å²) >= 11 is 0. The molecule has 0 aliphatic heterocycles. The van der Waals surface area contributed by atoms with Gasteiger partial charge in [0, 0.05) is 0 Å². The van der Waals surface area contributed by atoms with Crippen molar-refractivity contribution in [2.75, 3.05) is 0 Å². The van der Waals surface area contributed by atoms with Crippen molar-refractivity contribution in [2.45, 2.75) is 0 Å². The number of fused-ring (bicyclic) bond motifs is 5. The van der Waals surface area contributed by atoms with Crippen LogP contribution in [-0.4, -0.2) is 0 Å². The molecule has 0 radical (unpaired) electrons. The van der Waals surface area contributed by atoms with Gasteiger partial charge in [-0.05, 0) is 110 Å². The minimum absolute atomic E-state index is 0.648. The van der Waals surface area contributed by atoms with Crippen LogP contribution < -0.4 is 0 Å². The molecule has 1 aliphatic carbocycles. The zero-order valence-corrected chi connectivity index (χ0v) is 30.5. The van der Waals surface area contributed by atoms with E-state index in [0.717, 1.165) is 11.1 Å². The van der Waals surface area contributed by atoms with Crippen molar-refractivity contribution in [1.82, 2.24) is 0 Å². The van der Waals surface area contributed by atoms with Crippen molar-refractivity contribution in [2.24, 2.45) is 0 Å². The molecule has 0 aromatic heterocycles. The van der Waals surface area contributed by atoms with E-state index in [9.17, 15) is 0 Å². The summed E-state index contributed by atoms with van der Waals surface area (Å²) in [7, 11) is 0. The van der Waals surface area contributed by atoms with Gasteiger partial charge in [0.2, 0.25) is 0 Å². The molecule has 0 heterocycles. The summed E-state index contributed by atoms with van der Waals surface area (Å²) in [6.45, 7) is 7.43. The molecule has 0 saturated heterocycles. The van der Waals surface area contributed by atoms with Gasteiger partial charge in [-0.3, -0.25) is 0 Å². The molecule has 1 aliphatic rings. The average molecular weight is 708 g/mol. The van der Waals surface area contributed by atoms with E-state index in [1.54, 1.807) is 0 Å². The molecule has 0 saturated carbocycles. The molecule has 10 aromatic rings. The zero-order chi connectivity index (χ0) is 37.2. The quantitative estimate of drug-likeness (QED) is 0.157. The molecule has 0 bridgehead atoms. The summed E-state index contributed by atoms with van der Waals surface area (Å²) < 4.78 is 0. The Bertz CT molecular complexity index is 3130. The number of hydrogen-bond acceptors (Lipinski definition) is 0. The van der Waals surface area contributed by atoms with Crippen molar-refractivity contribution < 1.29 is 0 Å². The van der Waals surface area contributed by atoms with Gasteiger partial charge >= 0.3 is 0 Å². The molecule has 0 fully saturated rings. The Hall–Kier alpha value is -7.53. The summed E-state index contributed by atoms with van der Waals surface area (Å²) in [4.78, 5) is 3.61. The first-order valence-electron chi connectivity index (χ1n) is 19.1. The Labute approximate surface area is 326 Å². The minimum Gasteiger partial charge on any atom is -0.238 e. The number of benzene rings is 10. The van der Waals surface area contributed by atoms with E-state index in [-0.39, 0.29) is 0 Å². The average Bonchev–Trinajstić information content (AvgIpc) is 3.60. The maximum absolute atomic E-state index is 7.43. The van der Waals surface area contributed by atoms with Crippen LogP contribution in [0.4, 0.5) is 5.69 Å². The molecule has 0 atom stereocenters. The highest BCUT2D eigenvalue weighted by atomic mass is 14.6. The van der Waals surface area contributed by atoms with Gasteiger partial charge in [0.1, 0.15) is 0 Å². The number of hydrogen-bond donors (Lipinski definition) is 0. The fourth-order valence-electron chi connectivity index (χ4n) is 9.30. The Morgan fingerprint density at radius 1 is 0.250 bits per heavy atom. The zero-order valence-electron chi connectivity index (χ0n) is 30.5. The van der Waals surface area contributed by atoms with Gasteiger partial charge in [0.05, 0.1) is 6.57 Å². The highest BCUT2D eigenvalue weighted by Gasteiger charge is 2.31. The predicted molar refractivity (Wildman–Crippen MR) is 237 cm³/mol. The maximum atomic E-state index is 7.43. The van der Waals surface area contributed by atoms with Crippen molar-refractivity contribution >= 4 is 38.0 Å². The van der Waals surface area contributed by atoms with E-state index in [0.29, 0.717) is 5.69 Å². The molecule has 0 amide bonds. The van der Waals surface area contributed by atoms with Gasteiger partial charge in [-0.1, -0.05) is 200 Å². The van der Waals surface area contributed by atoms with Crippen LogP contribution in [0.15, 0.2) is 200 Å². The van der Waals surface area contributed by atoms with E-state index in [1.807, 2.05) is 12.1 Å². The molecule has 56 heavy (non-hydrogen) atoms. The summed E-state index contributed by atoms with van der Waals surface area (Å²) in [5.41, 5.74) is 18.0. The van der Waals surface area contributed by atoms with Gasteiger partial charge in [0.25, 0.3) is 0 Å². The van der Waals surface area contributed by atoms with Crippen molar-refractivity contribution in [1.29, 1.82) is 0 Å². The van der Waals surface area contributed by atoms with Crippen LogP contribution in [0.25, 0.3) is 115 Å². The third-order valence-corrected chi connectivity index (χ3v) is 11.7. The molecule has 0 N–H and O–H groups in total. The van der Waals surface area contributed by atoms with Crippen LogP contribution in [0, 0.1) is 6.57 Å². The molecule has 1 heteroatoms. The number of nitrogens with zero attached hydrogens (tertiary/aromatic N) is 1. The lowest BCUT2D eigenvalue weighted by Gasteiger charge is -2.20. The van der Waals surface area contributed by atoms with Crippen LogP contribution in [-0.2, 0) is 0 Å². The third-order valence-electron chi connectivity index (χ3n) is 11.7. The lowest BCUT2D eigenvalue weighted by Crippen LogP contribution is -1.93. The second kappa shape index (κ2) is 12.8. The van der Waals surface area contributed by atoms with Gasteiger partial charge in [0.15, 0.2) is 5.69 Å². The summed E-state index contributed by atoms with van der Waals surface area (Å²) in [5, 5.41) is 7.55. The normalized spacial score (nSPS) is 11.6. The van der Waals surface area contributed by atoms with E-state index in [2.05, 4.69) is 193 Å². The Morgan fingerprint density at radius 3 is 1.23 bits per heavy atom. The molecule has 1 nitrogen and oxygen atoms in total. The smallest absolute Gasteiger partial charge is 0.187 e. The summed E-state index contributed by atoms with van der Waals surface area (Å²) in [6, 6.07) is 72.4. The van der Waals surface area contributed by atoms with Crippen molar-refractivity contribution in [3.05, 3.63) is 212 Å². The molecule has 0 unspecified atom stereocenters. The van der Waals surface area contributed by atoms with Crippen LogP contribution >= 0.6 is 0 Å². The topological polar surface area (TPSA) is 4.36 Å². The van der Waals surface area contributed by atoms with Gasteiger partial charge in [-0.2, -0.15) is 0 Å². The first kappa shape index (κ1) is 31.9. The van der Waals surface area contributed by atoms with Crippen molar-refractivity contribution in [3.8, 4) is 77.9 Å². The Morgan fingerprint density at radius 2 is 0.661 bits per heavy atom. The summed E-state index contributed by atoms with van der Waals surface area (Å²) in [5.74, 6) is 0. The van der Waals surface area contributed by atoms with Crippen LogP contribution in [0.1, 0.15) is 0 Å². The van der Waals surface area contributed by atoms with E-state index < -0.39 is 0 Å².